The highest BCUT2D eigenvalue weighted by Gasteiger charge is 2.29. The summed E-state index contributed by atoms with van der Waals surface area (Å²) in [7, 11) is 0. The number of benzene rings is 2. The van der Waals surface area contributed by atoms with Gasteiger partial charge >= 0.3 is 0 Å². The number of halogens is 2. The van der Waals surface area contributed by atoms with Gasteiger partial charge in [-0.25, -0.2) is 8.78 Å². The first-order valence-electron chi connectivity index (χ1n) is 8.71. The Morgan fingerprint density at radius 2 is 1.78 bits per heavy atom. The monoisotopic (exact) mass is 369 g/mol. The maximum Gasteiger partial charge on any atom is 0.250 e. The maximum absolute atomic E-state index is 13.9. The molecule has 138 valence electrons. The number of ketones is 1. The molecule has 0 radical (unpaired) electrons. The SMILES string of the molecule is O=C(c1cc(F)ccc1F)C1CCN(c2nnnn2-c2ccccc2)CC1. The molecule has 0 N–H and O–H groups in total. The van der Waals surface area contributed by atoms with Gasteiger partial charge in [-0.15, -0.1) is 0 Å². The number of hydrogen-bond acceptors (Lipinski definition) is 5. The highest BCUT2D eigenvalue weighted by atomic mass is 19.1. The molecule has 4 rings (SSSR count). The molecule has 1 aliphatic rings. The Hall–Kier alpha value is -3.16. The van der Waals surface area contributed by atoms with Crippen molar-refractivity contribution < 1.29 is 13.6 Å². The molecule has 0 unspecified atom stereocenters. The number of aromatic nitrogens is 4. The van der Waals surface area contributed by atoms with Crippen molar-refractivity contribution >= 4 is 11.7 Å². The lowest BCUT2D eigenvalue weighted by molar-refractivity contribution is 0.0895. The zero-order valence-electron chi connectivity index (χ0n) is 14.4. The van der Waals surface area contributed by atoms with Gasteiger partial charge < -0.3 is 4.90 Å². The lowest BCUT2D eigenvalue weighted by Gasteiger charge is -2.31. The first-order valence-corrected chi connectivity index (χ1v) is 8.71. The largest absolute Gasteiger partial charge is 0.339 e. The Morgan fingerprint density at radius 3 is 2.52 bits per heavy atom. The van der Waals surface area contributed by atoms with Crippen LogP contribution in [0.3, 0.4) is 0 Å². The van der Waals surface area contributed by atoms with E-state index < -0.39 is 11.6 Å². The molecule has 27 heavy (non-hydrogen) atoms. The smallest absolute Gasteiger partial charge is 0.250 e. The summed E-state index contributed by atoms with van der Waals surface area (Å²) in [5.41, 5.74) is 0.667. The van der Waals surface area contributed by atoms with Gasteiger partial charge in [0.25, 0.3) is 0 Å². The summed E-state index contributed by atoms with van der Waals surface area (Å²) >= 11 is 0. The van der Waals surface area contributed by atoms with E-state index >= 15 is 0 Å². The van der Waals surface area contributed by atoms with Crippen molar-refractivity contribution in [1.29, 1.82) is 0 Å². The lowest BCUT2D eigenvalue weighted by Crippen LogP contribution is -2.38. The summed E-state index contributed by atoms with van der Waals surface area (Å²) in [6.07, 6.45) is 1.05. The molecule has 0 aliphatic carbocycles. The zero-order valence-corrected chi connectivity index (χ0v) is 14.4. The Morgan fingerprint density at radius 1 is 1.04 bits per heavy atom. The predicted octanol–water partition coefficient (Wildman–Crippen LogP) is 3.04. The minimum atomic E-state index is -0.683. The van der Waals surface area contributed by atoms with Crippen molar-refractivity contribution in [2.75, 3.05) is 18.0 Å². The molecule has 1 saturated heterocycles. The first kappa shape index (κ1) is 17.3. The Balaban J connectivity index is 1.48. The van der Waals surface area contributed by atoms with Crippen molar-refractivity contribution in [2.45, 2.75) is 12.8 Å². The number of nitrogens with zero attached hydrogens (tertiary/aromatic N) is 5. The number of Topliss-reactive ketones (excluding diaryl/α,β-unsaturated/α-hetero) is 1. The summed E-state index contributed by atoms with van der Waals surface area (Å²) in [5, 5.41) is 11.9. The molecule has 0 bridgehead atoms. The van der Waals surface area contributed by atoms with Crippen molar-refractivity contribution in [1.82, 2.24) is 20.2 Å². The third-order valence-electron chi connectivity index (χ3n) is 4.80. The fourth-order valence-corrected chi connectivity index (χ4v) is 3.36. The highest BCUT2D eigenvalue weighted by molar-refractivity contribution is 5.98. The van der Waals surface area contributed by atoms with E-state index in [1.807, 2.05) is 35.2 Å². The third kappa shape index (κ3) is 3.42. The molecule has 0 spiro atoms. The predicted molar refractivity (Wildman–Crippen MR) is 94.8 cm³/mol. The minimum absolute atomic E-state index is 0.178. The molecule has 0 saturated carbocycles. The van der Waals surface area contributed by atoms with Gasteiger partial charge in [-0.05, 0) is 53.6 Å². The van der Waals surface area contributed by atoms with Gasteiger partial charge in [0.1, 0.15) is 11.6 Å². The number of piperidine rings is 1. The van der Waals surface area contributed by atoms with Crippen molar-refractivity contribution in [3.8, 4) is 5.69 Å². The second-order valence-electron chi connectivity index (χ2n) is 6.48. The average molecular weight is 369 g/mol. The lowest BCUT2D eigenvalue weighted by atomic mass is 9.88. The molecule has 1 fully saturated rings. The number of carbonyl (C=O) groups is 1. The van der Waals surface area contributed by atoms with E-state index in [4.69, 9.17) is 0 Å². The van der Waals surface area contributed by atoms with Crippen molar-refractivity contribution in [3.63, 3.8) is 0 Å². The van der Waals surface area contributed by atoms with Gasteiger partial charge in [0, 0.05) is 19.0 Å². The number of para-hydroxylation sites is 1. The minimum Gasteiger partial charge on any atom is -0.339 e. The highest BCUT2D eigenvalue weighted by Crippen LogP contribution is 2.26. The van der Waals surface area contributed by atoms with E-state index in [-0.39, 0.29) is 17.3 Å². The van der Waals surface area contributed by atoms with Gasteiger partial charge in [-0.3, -0.25) is 4.79 Å². The van der Waals surface area contributed by atoms with Crippen LogP contribution in [0.15, 0.2) is 48.5 Å². The summed E-state index contributed by atoms with van der Waals surface area (Å²) in [4.78, 5) is 14.6. The van der Waals surface area contributed by atoms with Crippen LogP contribution in [0.25, 0.3) is 5.69 Å². The van der Waals surface area contributed by atoms with Crippen molar-refractivity contribution in [3.05, 3.63) is 65.7 Å². The molecule has 0 atom stereocenters. The van der Waals surface area contributed by atoms with Crippen molar-refractivity contribution in [2.24, 2.45) is 5.92 Å². The molecule has 2 heterocycles. The van der Waals surface area contributed by atoms with E-state index in [2.05, 4.69) is 15.5 Å². The fourth-order valence-electron chi connectivity index (χ4n) is 3.36. The van der Waals surface area contributed by atoms with Gasteiger partial charge in [0.2, 0.25) is 5.95 Å². The van der Waals surface area contributed by atoms with Crippen LogP contribution in [0.4, 0.5) is 14.7 Å². The summed E-state index contributed by atoms with van der Waals surface area (Å²) in [5.74, 6) is -1.40. The third-order valence-corrected chi connectivity index (χ3v) is 4.80. The summed E-state index contributed by atoms with van der Waals surface area (Å²) in [6, 6.07) is 12.5. The van der Waals surface area contributed by atoms with Crippen LogP contribution in [-0.2, 0) is 0 Å². The quantitative estimate of drug-likeness (QED) is 0.662. The van der Waals surface area contributed by atoms with Crippen LogP contribution in [0, 0.1) is 17.6 Å². The van der Waals surface area contributed by atoms with Crippen LogP contribution in [0.2, 0.25) is 0 Å². The van der Waals surface area contributed by atoms with Crippen LogP contribution in [0.5, 0.6) is 0 Å². The number of tetrazole rings is 1. The molecule has 8 heteroatoms. The van der Waals surface area contributed by atoms with E-state index in [0.29, 0.717) is 31.9 Å². The van der Waals surface area contributed by atoms with Gasteiger partial charge in [0.05, 0.1) is 11.3 Å². The molecule has 0 amide bonds. The molecule has 1 aromatic heterocycles. The standard InChI is InChI=1S/C19H17F2N5O/c20-14-6-7-17(21)16(12-14)18(27)13-8-10-25(11-9-13)19-22-23-24-26(19)15-4-2-1-3-5-15/h1-7,12-13H,8-11H2. The van der Waals surface area contributed by atoms with Crippen LogP contribution in [0.1, 0.15) is 23.2 Å². The maximum atomic E-state index is 13.9. The Bertz CT molecular complexity index is 952. The topological polar surface area (TPSA) is 63.9 Å². The van der Waals surface area contributed by atoms with Crippen LogP contribution < -0.4 is 4.90 Å². The Labute approximate surface area is 154 Å². The second kappa shape index (κ2) is 7.22. The van der Waals surface area contributed by atoms with Gasteiger partial charge in [0.15, 0.2) is 5.78 Å². The number of hydrogen-bond donors (Lipinski definition) is 0. The molecular weight excluding hydrogens is 352 g/mol. The average Bonchev–Trinajstić information content (AvgIpc) is 3.20. The van der Waals surface area contributed by atoms with E-state index in [9.17, 15) is 13.6 Å². The second-order valence-corrected chi connectivity index (χ2v) is 6.48. The molecular formula is C19H17F2N5O. The molecule has 2 aromatic carbocycles. The Kier molecular flexibility index (Phi) is 4.62. The number of rotatable bonds is 4. The number of anilines is 1. The van der Waals surface area contributed by atoms with E-state index in [1.165, 1.54) is 0 Å². The summed E-state index contributed by atoms with van der Waals surface area (Å²) in [6.45, 7) is 1.11. The normalized spacial score (nSPS) is 15.1. The summed E-state index contributed by atoms with van der Waals surface area (Å²) < 4.78 is 28.9. The molecule has 6 nitrogen and oxygen atoms in total. The van der Waals surface area contributed by atoms with Crippen LogP contribution >= 0.6 is 0 Å². The van der Waals surface area contributed by atoms with E-state index in [0.717, 1.165) is 23.9 Å². The van der Waals surface area contributed by atoms with E-state index in [1.54, 1.807) is 4.68 Å². The van der Waals surface area contributed by atoms with Gasteiger partial charge in [-0.1, -0.05) is 23.3 Å². The first-order chi connectivity index (χ1) is 13.1. The fraction of sp³-hybridized carbons (Fsp3) is 0.263. The molecule has 3 aromatic rings. The van der Waals surface area contributed by atoms with Crippen LogP contribution in [-0.4, -0.2) is 39.1 Å². The zero-order chi connectivity index (χ0) is 18.8. The molecule has 1 aliphatic heterocycles. The number of carbonyl (C=O) groups excluding carboxylic acids is 1. The van der Waals surface area contributed by atoms with Gasteiger partial charge in [-0.2, -0.15) is 4.68 Å².